The second-order valence-electron chi connectivity index (χ2n) is 36.5. The van der Waals surface area contributed by atoms with Crippen LogP contribution >= 0.6 is 0 Å². The zero-order valence-corrected chi connectivity index (χ0v) is 86.2. The first-order valence-corrected chi connectivity index (χ1v) is 47.5. The summed E-state index contributed by atoms with van der Waals surface area (Å²) in [5.74, 6) is 5.86. The van der Waals surface area contributed by atoms with Crippen molar-refractivity contribution in [3.05, 3.63) is 280 Å². The van der Waals surface area contributed by atoms with E-state index in [9.17, 15) is 14.4 Å². The van der Waals surface area contributed by atoms with Crippen LogP contribution in [0.25, 0.3) is 0 Å². The Balaban J connectivity index is 0.000000747. The number of aromatic hydroxyl groups is 3. The summed E-state index contributed by atoms with van der Waals surface area (Å²) in [7, 11) is 1.69. The highest BCUT2D eigenvalue weighted by molar-refractivity contribution is 5.66. The van der Waals surface area contributed by atoms with Crippen LogP contribution in [-0.4, -0.2) is 98.8 Å². The predicted octanol–water partition coefficient (Wildman–Crippen LogP) is 30.0. The van der Waals surface area contributed by atoms with E-state index < -0.39 is 0 Å². The SMILES string of the molecule is CCC(C)(C)c1ccc(O)cc1.CCC(C)(C)c1ccc(O)cc1.CCC(C)(C)c1ccc(OC(C)OCCOC(C)=O)cc1.CCC(C)(C)c1ccc(OC(C)OCCOC(C)=O)cc1.CCC(C)(C)c1ccc(OC)cc1.CCC(C)c1cccc(C)c1.CCC(C)c1cccc(O)c1.CCC(C)c1cccc(OC(C)OCCOC(C)=O)c1.CCC(C)c1ccccc1. The first kappa shape index (κ1) is 119. The molecule has 16 nitrogen and oxygen atoms in total. The van der Waals surface area contributed by atoms with E-state index in [0.717, 1.165) is 67.9 Å². The Bertz CT molecular complexity index is 4280. The summed E-state index contributed by atoms with van der Waals surface area (Å²) in [6.45, 7) is 64.3. The Hall–Kier alpha value is -10.1. The largest absolute Gasteiger partial charge is 0.508 e. The summed E-state index contributed by atoms with van der Waals surface area (Å²) >= 11 is 0. The second kappa shape index (κ2) is 63.9. The van der Waals surface area contributed by atoms with Crippen LogP contribution in [0.5, 0.6) is 40.2 Å². The molecular weight excluding hydrogens is 1640 g/mol. The molecule has 0 heterocycles. The number of carbonyl (C=O) groups excluding carboxylic acids is 3. The Morgan fingerprint density at radius 1 is 0.282 bits per heavy atom. The van der Waals surface area contributed by atoms with Crippen LogP contribution in [0, 0.1) is 6.92 Å². The number of hydrogen-bond acceptors (Lipinski definition) is 16. The number of benzene rings is 9. The summed E-state index contributed by atoms with van der Waals surface area (Å²) < 4.78 is 52.7. The molecular formula is C115H170O16. The summed E-state index contributed by atoms with van der Waals surface area (Å²) in [6.07, 6.45) is 9.06. The van der Waals surface area contributed by atoms with Crippen molar-refractivity contribution in [1.29, 1.82) is 0 Å². The highest BCUT2D eigenvalue weighted by Gasteiger charge is 2.23. The van der Waals surface area contributed by atoms with Gasteiger partial charge in [0.25, 0.3) is 0 Å². The summed E-state index contributed by atoms with van der Waals surface area (Å²) in [4.78, 5) is 31.8. The highest BCUT2D eigenvalue weighted by atomic mass is 16.7. The molecule has 0 saturated carbocycles. The lowest BCUT2D eigenvalue weighted by molar-refractivity contribution is -0.146. The zero-order chi connectivity index (χ0) is 98.9. The summed E-state index contributed by atoms with van der Waals surface area (Å²) in [6, 6.07) is 74.3. The molecule has 7 unspecified atom stereocenters. The van der Waals surface area contributed by atoms with Crippen molar-refractivity contribution in [1.82, 2.24) is 0 Å². The van der Waals surface area contributed by atoms with Crippen molar-refractivity contribution in [2.24, 2.45) is 0 Å². The van der Waals surface area contributed by atoms with Gasteiger partial charge in [0, 0.05) is 20.8 Å². The Kier molecular flexibility index (Phi) is 57.9. The number of esters is 3. The molecule has 0 saturated heterocycles. The number of ether oxygens (including phenoxy) is 10. The van der Waals surface area contributed by atoms with Crippen LogP contribution in [0.15, 0.2) is 224 Å². The van der Waals surface area contributed by atoms with Gasteiger partial charge in [0.1, 0.15) is 60.1 Å². The summed E-state index contributed by atoms with van der Waals surface area (Å²) in [5.41, 5.74) is 14.3. The quantitative estimate of drug-likeness (QED) is 0.0143. The van der Waals surface area contributed by atoms with Gasteiger partial charge in [0.2, 0.25) is 0 Å². The molecule has 726 valence electrons. The van der Waals surface area contributed by atoms with E-state index in [1.807, 2.05) is 118 Å². The fourth-order valence-corrected chi connectivity index (χ4v) is 12.2. The van der Waals surface area contributed by atoms with Crippen LogP contribution in [-0.2, 0) is 69.9 Å². The van der Waals surface area contributed by atoms with E-state index in [-0.39, 0.29) is 83.7 Å². The predicted molar refractivity (Wildman–Crippen MR) is 544 cm³/mol. The van der Waals surface area contributed by atoms with Crippen molar-refractivity contribution >= 4 is 17.9 Å². The van der Waals surface area contributed by atoms with Crippen molar-refractivity contribution in [3.63, 3.8) is 0 Å². The molecule has 0 bridgehead atoms. The molecule has 0 radical (unpaired) electrons. The van der Waals surface area contributed by atoms with E-state index in [0.29, 0.717) is 60.7 Å². The average Bonchev–Trinajstić information content (AvgIpc) is 0.859. The smallest absolute Gasteiger partial charge is 0.302 e. The Morgan fingerprint density at radius 3 is 0.824 bits per heavy atom. The fraction of sp³-hybridized carbons (Fsp3) is 0.504. The lowest BCUT2D eigenvalue weighted by Crippen LogP contribution is -2.20. The van der Waals surface area contributed by atoms with Gasteiger partial charge >= 0.3 is 17.9 Å². The molecule has 131 heavy (non-hydrogen) atoms. The highest BCUT2D eigenvalue weighted by Crippen LogP contribution is 2.34. The number of methoxy groups -OCH3 is 1. The molecule has 3 N–H and O–H groups in total. The molecule has 7 atom stereocenters. The molecule has 0 amide bonds. The third kappa shape index (κ3) is 50.3. The van der Waals surface area contributed by atoms with Gasteiger partial charge in [-0.05, 0) is 271 Å². The van der Waals surface area contributed by atoms with Gasteiger partial charge in [-0.15, -0.1) is 0 Å². The van der Waals surface area contributed by atoms with Crippen molar-refractivity contribution in [2.75, 3.05) is 46.8 Å². The van der Waals surface area contributed by atoms with Gasteiger partial charge in [-0.25, -0.2) is 0 Å². The maximum absolute atomic E-state index is 10.6. The van der Waals surface area contributed by atoms with Crippen LogP contribution in [0.1, 0.15) is 338 Å². The molecule has 9 aromatic rings. The van der Waals surface area contributed by atoms with Gasteiger partial charge in [-0.1, -0.05) is 304 Å². The van der Waals surface area contributed by atoms with Gasteiger partial charge < -0.3 is 62.7 Å². The van der Waals surface area contributed by atoms with Crippen LogP contribution < -0.4 is 18.9 Å². The standard InChI is InChI=1S/2C17H26O4.C16H24O4.C12H18O.2C11H16O.C11H16.C10H14O.C10H14/c2*1-6-17(4,5)15-7-9-16(10-8-15)21-14(3)20-12-11-19-13(2)18;1-5-12(2)15-7-6-8-16(11-15)20-14(4)19-10-9-18-13(3)17;1-5-12(2,3)10-6-8-11(13-4)9-7-10;2*1-4-11(2,3)9-5-7-10(12)8-6-9;1-4-10(3)11-7-5-6-9(2)8-11;1-3-8(2)9-5-4-6-10(11)7-9;1-3-9(2)10-7-5-4-6-8-10/h2*7-10,14H,6,11-12H2,1-5H3;6-8,11-12,14H,5,9-10H2,1-4H3;6-9H,5H2,1-4H3;2*5-8,12H,4H2,1-3H3;5-8,10H,4H2,1-3H3;4-8,11H,3H2,1-2H3;4-9H,3H2,1-2H3. The number of hydrogen-bond donors (Lipinski definition) is 3. The molecule has 9 rings (SSSR count). The van der Waals surface area contributed by atoms with Gasteiger partial charge in [-0.3, -0.25) is 14.4 Å². The van der Waals surface area contributed by atoms with E-state index in [1.165, 1.54) is 89.2 Å². The first-order valence-electron chi connectivity index (χ1n) is 47.5. The minimum atomic E-state index is -0.384. The van der Waals surface area contributed by atoms with Gasteiger partial charge in [0.05, 0.1) is 26.9 Å². The zero-order valence-electron chi connectivity index (χ0n) is 86.2. The van der Waals surface area contributed by atoms with Crippen molar-refractivity contribution in [2.45, 2.75) is 335 Å². The molecule has 0 aromatic heterocycles. The van der Waals surface area contributed by atoms with Crippen LogP contribution in [0.2, 0.25) is 0 Å². The summed E-state index contributed by atoms with van der Waals surface area (Å²) in [5, 5.41) is 27.3. The van der Waals surface area contributed by atoms with Gasteiger partial charge in [-0.2, -0.15) is 0 Å². The molecule has 0 aliphatic rings. The Morgan fingerprint density at radius 2 is 0.542 bits per heavy atom. The third-order valence-corrected chi connectivity index (χ3v) is 24.3. The minimum absolute atomic E-state index is 0.171. The number of carbonyl (C=O) groups is 3. The molecule has 9 aromatic carbocycles. The molecule has 0 aliphatic carbocycles. The fourth-order valence-electron chi connectivity index (χ4n) is 12.2. The Labute approximate surface area is 792 Å². The maximum Gasteiger partial charge on any atom is 0.302 e. The molecule has 16 heteroatoms. The molecule has 0 aliphatic heterocycles. The minimum Gasteiger partial charge on any atom is -0.508 e. The van der Waals surface area contributed by atoms with E-state index in [1.54, 1.807) is 37.4 Å². The average molecular weight is 1810 g/mol. The molecule has 0 fully saturated rings. The number of phenols is 3. The van der Waals surface area contributed by atoms with Crippen molar-refractivity contribution < 1.29 is 77.1 Å². The van der Waals surface area contributed by atoms with Crippen LogP contribution in [0.3, 0.4) is 0 Å². The first-order chi connectivity index (χ1) is 61.8. The number of aryl methyl sites for hydroxylation is 1. The molecule has 0 spiro atoms. The maximum atomic E-state index is 10.6. The van der Waals surface area contributed by atoms with Gasteiger partial charge in [0.15, 0.2) is 18.9 Å². The second-order valence-corrected chi connectivity index (χ2v) is 36.5. The normalized spacial score (nSPS) is 12.6. The number of rotatable bonds is 37. The van der Waals surface area contributed by atoms with Crippen LogP contribution in [0.4, 0.5) is 0 Å². The third-order valence-electron chi connectivity index (χ3n) is 24.3. The van der Waals surface area contributed by atoms with E-state index in [4.69, 9.17) is 62.7 Å². The van der Waals surface area contributed by atoms with E-state index >= 15 is 0 Å². The van der Waals surface area contributed by atoms with E-state index in [2.05, 4.69) is 263 Å². The topological polar surface area (TPSA) is 204 Å². The lowest BCUT2D eigenvalue weighted by atomic mass is 9.82. The van der Waals surface area contributed by atoms with Crippen molar-refractivity contribution in [3.8, 4) is 40.2 Å². The number of phenolic OH excluding ortho intramolecular Hbond substituents is 3. The lowest BCUT2D eigenvalue weighted by Gasteiger charge is -2.23. The monoisotopic (exact) mass is 1810 g/mol.